The number of hydrogen-bond acceptors (Lipinski definition) is 2. The molecule has 0 spiro atoms. The van der Waals surface area contributed by atoms with Gasteiger partial charge >= 0.3 is 0 Å². The van der Waals surface area contributed by atoms with E-state index in [4.69, 9.17) is 0 Å². The van der Waals surface area contributed by atoms with Crippen LogP contribution in [0.1, 0.15) is 0 Å². The van der Waals surface area contributed by atoms with Crippen molar-refractivity contribution in [2.24, 2.45) is 0 Å². The van der Waals surface area contributed by atoms with Crippen molar-refractivity contribution < 1.29 is 0 Å². The van der Waals surface area contributed by atoms with E-state index in [1.165, 1.54) is 0 Å². The second-order valence-electron chi connectivity index (χ2n) is 2.94. The number of nitrogens with zero attached hydrogens (tertiary/aromatic N) is 2. The summed E-state index contributed by atoms with van der Waals surface area (Å²) in [6, 6.07) is 5.95. The largest absolute Gasteiger partial charge is 0.361 e. The fraction of sp³-hybridized carbons (Fsp3) is 0. The molecule has 3 nitrogen and oxygen atoms in total. The Morgan fingerprint density at radius 1 is 1.15 bits per heavy atom. The van der Waals surface area contributed by atoms with E-state index in [-0.39, 0.29) is 0 Å². The van der Waals surface area contributed by atoms with Crippen molar-refractivity contribution in [3.63, 3.8) is 0 Å². The zero-order valence-electron chi connectivity index (χ0n) is 6.86. The van der Waals surface area contributed by atoms with Gasteiger partial charge < -0.3 is 4.98 Å². The molecule has 0 atom stereocenters. The van der Waals surface area contributed by atoms with Gasteiger partial charge in [-0.1, -0.05) is 0 Å². The first-order chi connectivity index (χ1) is 6.45. The maximum atomic E-state index is 4.25. The average molecular weight is 169 g/mol. The van der Waals surface area contributed by atoms with Gasteiger partial charge in [0.2, 0.25) is 0 Å². The summed E-state index contributed by atoms with van der Waals surface area (Å²) in [5, 5.41) is 2.20. The quantitative estimate of drug-likeness (QED) is 0.560. The molecule has 3 heterocycles. The van der Waals surface area contributed by atoms with Crippen LogP contribution in [0.15, 0.2) is 36.8 Å². The van der Waals surface area contributed by atoms with Crippen LogP contribution in [0.5, 0.6) is 0 Å². The Labute approximate surface area is 74.4 Å². The number of rotatable bonds is 0. The van der Waals surface area contributed by atoms with Crippen LogP contribution < -0.4 is 0 Å². The fourth-order valence-corrected chi connectivity index (χ4v) is 1.55. The third-order valence-electron chi connectivity index (χ3n) is 2.16. The summed E-state index contributed by atoms with van der Waals surface area (Å²) in [5.74, 6) is 0. The smallest absolute Gasteiger partial charge is 0.161 e. The molecule has 0 saturated heterocycles. The molecule has 0 saturated carbocycles. The Kier molecular flexibility index (Phi) is 1.16. The lowest BCUT2D eigenvalue weighted by Crippen LogP contribution is -1.82. The van der Waals surface area contributed by atoms with E-state index in [0.717, 1.165) is 21.9 Å². The number of aromatic amines is 1. The Balaban J connectivity index is 2.65. The molecule has 3 aromatic rings. The van der Waals surface area contributed by atoms with Gasteiger partial charge in [0.25, 0.3) is 0 Å². The van der Waals surface area contributed by atoms with Gasteiger partial charge in [-0.25, -0.2) is 9.97 Å². The molecule has 0 radical (unpaired) electrons. The Morgan fingerprint density at radius 3 is 3.15 bits per heavy atom. The zero-order chi connectivity index (χ0) is 8.67. The van der Waals surface area contributed by atoms with Gasteiger partial charge in [-0.3, -0.25) is 0 Å². The molecule has 13 heavy (non-hydrogen) atoms. The normalized spacial score (nSPS) is 11.1. The predicted octanol–water partition coefficient (Wildman–Crippen LogP) is 2.11. The highest BCUT2D eigenvalue weighted by Gasteiger charge is 2.01. The first-order valence-corrected chi connectivity index (χ1v) is 4.12. The van der Waals surface area contributed by atoms with E-state index in [1.54, 1.807) is 6.20 Å². The van der Waals surface area contributed by atoms with Crippen molar-refractivity contribution in [2.45, 2.75) is 0 Å². The van der Waals surface area contributed by atoms with E-state index in [0.29, 0.717) is 0 Å². The third kappa shape index (κ3) is 0.839. The van der Waals surface area contributed by atoms with E-state index >= 15 is 0 Å². The van der Waals surface area contributed by atoms with E-state index in [9.17, 15) is 0 Å². The van der Waals surface area contributed by atoms with Crippen LogP contribution >= 0.6 is 0 Å². The molecule has 0 aliphatic rings. The second kappa shape index (κ2) is 2.29. The van der Waals surface area contributed by atoms with Gasteiger partial charge in [0.05, 0.1) is 5.52 Å². The minimum Gasteiger partial charge on any atom is -0.361 e. The van der Waals surface area contributed by atoms with Crippen LogP contribution in [0.2, 0.25) is 0 Å². The lowest BCUT2D eigenvalue weighted by molar-refractivity contribution is 1.30. The topological polar surface area (TPSA) is 41.6 Å². The predicted molar refractivity (Wildman–Crippen MR) is 51.4 cm³/mol. The summed E-state index contributed by atoms with van der Waals surface area (Å²) in [4.78, 5) is 11.6. The molecule has 3 heteroatoms. The molecule has 1 N–H and O–H groups in total. The lowest BCUT2D eigenvalue weighted by Gasteiger charge is -1.96. The minimum absolute atomic E-state index is 0.789. The van der Waals surface area contributed by atoms with Crippen LogP contribution in [-0.4, -0.2) is 15.0 Å². The molecule has 0 aliphatic heterocycles. The summed E-state index contributed by atoms with van der Waals surface area (Å²) in [6.07, 6.45) is 5.50. The number of fused-ring (bicyclic) bond motifs is 3. The average Bonchev–Trinajstić information content (AvgIpc) is 2.65. The maximum Gasteiger partial charge on any atom is 0.161 e. The van der Waals surface area contributed by atoms with Crippen LogP contribution in [-0.2, 0) is 0 Å². The summed E-state index contributed by atoms with van der Waals surface area (Å²) < 4.78 is 0. The number of nitrogens with one attached hydrogen (secondary N) is 1. The van der Waals surface area contributed by atoms with Gasteiger partial charge in [-0.15, -0.1) is 0 Å². The Hall–Kier alpha value is -1.90. The van der Waals surface area contributed by atoms with Gasteiger partial charge in [-0.05, 0) is 18.2 Å². The monoisotopic (exact) mass is 169 g/mol. The van der Waals surface area contributed by atoms with Crippen LogP contribution in [0.3, 0.4) is 0 Å². The maximum absolute atomic E-state index is 4.25. The van der Waals surface area contributed by atoms with E-state index in [1.807, 2.05) is 30.6 Å². The number of aromatic nitrogens is 3. The first kappa shape index (κ1) is 6.60. The van der Waals surface area contributed by atoms with Crippen molar-refractivity contribution in [2.75, 3.05) is 0 Å². The third-order valence-corrected chi connectivity index (χ3v) is 2.16. The van der Waals surface area contributed by atoms with Gasteiger partial charge in [0.15, 0.2) is 5.65 Å². The molecular weight excluding hydrogens is 162 g/mol. The minimum atomic E-state index is 0.789. The fourth-order valence-electron chi connectivity index (χ4n) is 1.55. The van der Waals surface area contributed by atoms with Crippen LogP contribution in [0.4, 0.5) is 0 Å². The van der Waals surface area contributed by atoms with E-state index < -0.39 is 0 Å². The molecule has 0 aliphatic carbocycles. The van der Waals surface area contributed by atoms with Gasteiger partial charge in [0, 0.05) is 29.4 Å². The molecule has 0 unspecified atom stereocenters. The Bertz CT molecular complexity index is 568. The van der Waals surface area contributed by atoms with Crippen molar-refractivity contribution in [1.82, 2.24) is 15.0 Å². The molecule has 3 rings (SSSR count). The standard InChI is InChI=1S/C10H7N3/c1-2-8-9-7(3-5-11-9)6-13-10(8)12-4-1/h1-6,11H. The number of hydrogen-bond donors (Lipinski definition) is 1. The number of pyridine rings is 2. The summed E-state index contributed by atoms with van der Waals surface area (Å²) in [5.41, 5.74) is 1.90. The molecule has 0 fully saturated rings. The summed E-state index contributed by atoms with van der Waals surface area (Å²) >= 11 is 0. The highest BCUT2D eigenvalue weighted by Crippen LogP contribution is 2.19. The Morgan fingerprint density at radius 2 is 2.15 bits per heavy atom. The molecule has 0 aromatic carbocycles. The van der Waals surface area contributed by atoms with E-state index in [2.05, 4.69) is 15.0 Å². The molecule has 3 aromatic heterocycles. The molecule has 0 bridgehead atoms. The van der Waals surface area contributed by atoms with Crippen molar-refractivity contribution in [1.29, 1.82) is 0 Å². The summed E-state index contributed by atoms with van der Waals surface area (Å²) in [6.45, 7) is 0. The zero-order valence-corrected chi connectivity index (χ0v) is 6.86. The lowest BCUT2D eigenvalue weighted by atomic mass is 10.2. The van der Waals surface area contributed by atoms with Gasteiger partial charge in [-0.2, -0.15) is 0 Å². The summed E-state index contributed by atoms with van der Waals surface area (Å²) in [7, 11) is 0. The second-order valence-corrected chi connectivity index (χ2v) is 2.94. The van der Waals surface area contributed by atoms with Crippen LogP contribution in [0.25, 0.3) is 21.9 Å². The molecule has 62 valence electrons. The number of H-pyrrole nitrogens is 1. The highest BCUT2D eigenvalue weighted by atomic mass is 14.8. The highest BCUT2D eigenvalue weighted by molar-refractivity contribution is 6.01. The molecule has 0 amide bonds. The van der Waals surface area contributed by atoms with Crippen molar-refractivity contribution in [3.8, 4) is 0 Å². The molecular formula is C10H7N3. The van der Waals surface area contributed by atoms with Crippen LogP contribution in [0, 0.1) is 0 Å². The SMILES string of the molecule is c1cnc2ncc3cc[nH]c3c2c1. The van der Waals surface area contributed by atoms with Gasteiger partial charge in [0.1, 0.15) is 0 Å². The van der Waals surface area contributed by atoms with Crippen molar-refractivity contribution in [3.05, 3.63) is 36.8 Å². The first-order valence-electron chi connectivity index (χ1n) is 4.12. The van der Waals surface area contributed by atoms with Crippen molar-refractivity contribution >= 4 is 21.9 Å².